The highest BCUT2D eigenvalue weighted by Crippen LogP contribution is 2.28. The molecule has 154 valence electrons. The monoisotopic (exact) mass is 399 g/mol. The van der Waals surface area contributed by atoms with Crippen molar-refractivity contribution < 1.29 is 4.79 Å². The van der Waals surface area contributed by atoms with Crippen LogP contribution >= 0.6 is 0 Å². The van der Waals surface area contributed by atoms with Gasteiger partial charge in [0, 0.05) is 38.2 Å². The molecule has 1 saturated heterocycles. The van der Waals surface area contributed by atoms with Crippen LogP contribution in [0.4, 0.5) is 5.69 Å². The second-order valence-electron chi connectivity index (χ2n) is 8.02. The van der Waals surface area contributed by atoms with Crippen LogP contribution in [0, 0.1) is 5.92 Å². The number of benzene rings is 2. The maximum Gasteiger partial charge on any atom is 0.220 e. The van der Waals surface area contributed by atoms with Gasteiger partial charge in [-0.25, -0.2) is 0 Å². The van der Waals surface area contributed by atoms with Crippen molar-refractivity contribution >= 4 is 11.6 Å². The molecule has 0 radical (unpaired) electrons. The van der Waals surface area contributed by atoms with Gasteiger partial charge in [0.05, 0.1) is 11.9 Å². The third kappa shape index (κ3) is 5.26. The Labute approximate surface area is 179 Å². The number of carbonyl (C=O) groups is 1. The maximum atomic E-state index is 12.8. The molecule has 4 nitrogen and oxygen atoms in total. The van der Waals surface area contributed by atoms with Gasteiger partial charge in [-0.3, -0.25) is 9.78 Å². The first kappa shape index (κ1) is 20.1. The molecule has 1 N–H and O–H groups in total. The lowest BCUT2D eigenvalue weighted by Gasteiger charge is -2.33. The number of hydrogen-bond acceptors (Lipinski definition) is 3. The van der Waals surface area contributed by atoms with Crippen molar-refractivity contribution in [1.82, 2.24) is 10.3 Å². The molecule has 0 spiro atoms. The van der Waals surface area contributed by atoms with E-state index in [0.29, 0.717) is 12.3 Å². The van der Waals surface area contributed by atoms with Crippen molar-refractivity contribution in [1.29, 1.82) is 0 Å². The fourth-order valence-corrected chi connectivity index (χ4v) is 4.25. The number of piperidine rings is 1. The van der Waals surface area contributed by atoms with Gasteiger partial charge in [-0.2, -0.15) is 0 Å². The number of anilines is 1. The molecule has 0 atom stereocenters. The SMILES string of the molecule is O=C(CC(c1ccccc1)c1ccccc1)NCC1CCN(c2cccnc2)CC1. The predicted molar refractivity (Wildman–Crippen MR) is 122 cm³/mol. The van der Waals surface area contributed by atoms with Crippen LogP contribution in [0.15, 0.2) is 85.2 Å². The Balaban J connectivity index is 1.30. The van der Waals surface area contributed by atoms with Crippen LogP contribution < -0.4 is 10.2 Å². The van der Waals surface area contributed by atoms with E-state index in [1.807, 2.05) is 54.9 Å². The Hall–Kier alpha value is -3.14. The lowest BCUT2D eigenvalue weighted by molar-refractivity contribution is -0.121. The number of nitrogens with one attached hydrogen (secondary N) is 1. The van der Waals surface area contributed by atoms with Crippen molar-refractivity contribution in [3.8, 4) is 0 Å². The standard InChI is InChI=1S/C26H29N3O/c30-26(18-25(22-8-3-1-4-9-22)23-10-5-2-6-11-23)28-19-21-13-16-29(17-14-21)24-12-7-15-27-20-24/h1-12,15,20-21,25H,13-14,16-19H2,(H,28,30). The van der Waals surface area contributed by atoms with E-state index in [0.717, 1.165) is 32.5 Å². The highest BCUT2D eigenvalue weighted by atomic mass is 16.1. The van der Waals surface area contributed by atoms with Crippen molar-refractivity contribution in [3.05, 3.63) is 96.3 Å². The molecular formula is C26H29N3O. The van der Waals surface area contributed by atoms with Crippen molar-refractivity contribution in [2.24, 2.45) is 5.92 Å². The molecule has 2 aromatic carbocycles. The molecule has 1 aromatic heterocycles. The molecule has 1 amide bonds. The zero-order chi connectivity index (χ0) is 20.6. The average molecular weight is 400 g/mol. The zero-order valence-corrected chi connectivity index (χ0v) is 17.3. The fourth-order valence-electron chi connectivity index (χ4n) is 4.25. The third-order valence-corrected chi connectivity index (χ3v) is 6.01. The summed E-state index contributed by atoms with van der Waals surface area (Å²) in [6, 6.07) is 24.7. The van der Waals surface area contributed by atoms with E-state index < -0.39 is 0 Å². The van der Waals surface area contributed by atoms with Gasteiger partial charge in [-0.15, -0.1) is 0 Å². The largest absolute Gasteiger partial charge is 0.370 e. The van der Waals surface area contributed by atoms with Crippen LogP contribution in [0.1, 0.15) is 36.3 Å². The summed E-state index contributed by atoms with van der Waals surface area (Å²) in [7, 11) is 0. The number of nitrogens with zero attached hydrogens (tertiary/aromatic N) is 2. The normalized spacial score (nSPS) is 14.6. The summed E-state index contributed by atoms with van der Waals surface area (Å²) < 4.78 is 0. The van der Waals surface area contributed by atoms with Crippen LogP contribution in [0.3, 0.4) is 0 Å². The molecule has 2 heterocycles. The van der Waals surface area contributed by atoms with E-state index in [-0.39, 0.29) is 11.8 Å². The second kappa shape index (κ2) is 10.1. The first-order valence-corrected chi connectivity index (χ1v) is 10.8. The first-order chi connectivity index (χ1) is 14.8. The van der Waals surface area contributed by atoms with Crippen LogP contribution in [-0.2, 0) is 4.79 Å². The van der Waals surface area contributed by atoms with E-state index in [4.69, 9.17) is 0 Å². The summed E-state index contributed by atoms with van der Waals surface area (Å²) in [5.41, 5.74) is 3.56. The zero-order valence-electron chi connectivity index (χ0n) is 17.3. The quantitative estimate of drug-likeness (QED) is 0.630. The van der Waals surface area contributed by atoms with E-state index in [2.05, 4.69) is 45.5 Å². The Bertz CT molecular complexity index is 867. The van der Waals surface area contributed by atoms with Crippen molar-refractivity contribution in [2.45, 2.75) is 25.2 Å². The molecule has 4 heteroatoms. The third-order valence-electron chi connectivity index (χ3n) is 6.01. The molecule has 0 unspecified atom stereocenters. The Morgan fingerprint density at radius 1 is 0.933 bits per heavy atom. The highest BCUT2D eigenvalue weighted by molar-refractivity contribution is 5.77. The van der Waals surface area contributed by atoms with E-state index in [1.54, 1.807) is 0 Å². The fraction of sp³-hybridized carbons (Fsp3) is 0.308. The molecule has 4 rings (SSSR count). The van der Waals surface area contributed by atoms with Gasteiger partial charge in [-0.1, -0.05) is 60.7 Å². The number of aromatic nitrogens is 1. The number of hydrogen-bond donors (Lipinski definition) is 1. The molecule has 1 aliphatic heterocycles. The second-order valence-corrected chi connectivity index (χ2v) is 8.02. The maximum absolute atomic E-state index is 12.8. The number of amides is 1. The Kier molecular flexibility index (Phi) is 6.75. The molecule has 3 aromatic rings. The van der Waals surface area contributed by atoms with Crippen LogP contribution in [-0.4, -0.2) is 30.5 Å². The topological polar surface area (TPSA) is 45.2 Å². The summed E-state index contributed by atoms with van der Waals surface area (Å²) in [4.78, 5) is 19.4. The minimum atomic E-state index is 0.0832. The smallest absolute Gasteiger partial charge is 0.220 e. The summed E-state index contributed by atoms with van der Waals surface area (Å²) in [6.07, 6.45) is 6.40. The summed E-state index contributed by atoms with van der Waals surface area (Å²) >= 11 is 0. The molecule has 0 bridgehead atoms. The van der Waals surface area contributed by atoms with Gasteiger partial charge in [0.15, 0.2) is 0 Å². The lowest BCUT2D eigenvalue weighted by Crippen LogP contribution is -2.39. The number of rotatable bonds is 7. The Morgan fingerprint density at radius 3 is 2.13 bits per heavy atom. The van der Waals surface area contributed by atoms with E-state index >= 15 is 0 Å². The first-order valence-electron chi connectivity index (χ1n) is 10.8. The van der Waals surface area contributed by atoms with Gasteiger partial charge in [-0.05, 0) is 42.0 Å². The summed E-state index contributed by atoms with van der Waals surface area (Å²) in [6.45, 7) is 2.79. The van der Waals surface area contributed by atoms with E-state index in [9.17, 15) is 4.79 Å². The number of carbonyl (C=O) groups excluding carboxylic acids is 1. The van der Waals surface area contributed by atoms with Gasteiger partial charge < -0.3 is 10.2 Å². The average Bonchev–Trinajstić information content (AvgIpc) is 2.83. The predicted octanol–water partition coefficient (Wildman–Crippen LogP) is 4.64. The molecule has 0 aliphatic carbocycles. The van der Waals surface area contributed by atoms with Crippen molar-refractivity contribution in [2.75, 3.05) is 24.5 Å². The van der Waals surface area contributed by atoms with Gasteiger partial charge >= 0.3 is 0 Å². The van der Waals surface area contributed by atoms with Crippen LogP contribution in [0.5, 0.6) is 0 Å². The Morgan fingerprint density at radius 2 is 1.57 bits per heavy atom. The van der Waals surface area contributed by atoms with Crippen molar-refractivity contribution in [3.63, 3.8) is 0 Å². The summed E-state index contributed by atoms with van der Waals surface area (Å²) in [5, 5.41) is 3.21. The highest BCUT2D eigenvalue weighted by Gasteiger charge is 2.22. The van der Waals surface area contributed by atoms with Gasteiger partial charge in [0.25, 0.3) is 0 Å². The van der Waals surface area contributed by atoms with Gasteiger partial charge in [0.2, 0.25) is 5.91 Å². The number of pyridine rings is 1. The molecule has 1 aliphatic rings. The minimum absolute atomic E-state index is 0.0832. The molecular weight excluding hydrogens is 370 g/mol. The summed E-state index contributed by atoms with van der Waals surface area (Å²) in [5.74, 6) is 0.746. The molecule has 1 fully saturated rings. The molecule has 30 heavy (non-hydrogen) atoms. The van der Waals surface area contributed by atoms with Gasteiger partial charge in [0.1, 0.15) is 0 Å². The van der Waals surface area contributed by atoms with Crippen LogP contribution in [0.2, 0.25) is 0 Å². The van der Waals surface area contributed by atoms with Crippen LogP contribution in [0.25, 0.3) is 0 Å². The lowest BCUT2D eigenvalue weighted by atomic mass is 9.88. The van der Waals surface area contributed by atoms with E-state index in [1.165, 1.54) is 16.8 Å². The minimum Gasteiger partial charge on any atom is -0.370 e. The molecule has 0 saturated carbocycles.